The van der Waals surface area contributed by atoms with Crippen LogP contribution in [0, 0.1) is 0 Å². The smallest absolute Gasteiger partial charge is 0.155 e. The van der Waals surface area contributed by atoms with Crippen molar-refractivity contribution in [3.8, 4) is 5.75 Å². The zero-order valence-corrected chi connectivity index (χ0v) is 7.69. The molecule has 11 heavy (non-hydrogen) atoms. The first-order chi connectivity index (χ1) is 5.16. The van der Waals surface area contributed by atoms with Crippen LogP contribution < -0.4 is 0 Å². The normalized spacial score (nSPS) is 9.64. The molecule has 0 amide bonds. The van der Waals surface area contributed by atoms with Crippen LogP contribution in [-0.2, 0) is 0 Å². The Hall–Kier alpha value is -0.540. The molecule has 0 spiro atoms. The molecule has 1 aromatic rings. The molecule has 0 heterocycles. The van der Waals surface area contributed by atoms with Crippen molar-refractivity contribution in [2.24, 2.45) is 0 Å². The van der Waals surface area contributed by atoms with Crippen LogP contribution in [0.15, 0.2) is 16.6 Å². The molecule has 0 saturated heterocycles. The van der Waals surface area contributed by atoms with Crippen molar-refractivity contribution < 1.29 is 9.90 Å². The molecule has 0 aliphatic rings. The second-order valence-electron chi connectivity index (χ2n) is 1.91. The first kappa shape index (κ1) is 8.56. The van der Waals surface area contributed by atoms with Gasteiger partial charge in [0.1, 0.15) is 5.75 Å². The number of aldehydes is 1. The number of carbonyl (C=O) groups is 1. The van der Waals surface area contributed by atoms with E-state index in [0.29, 0.717) is 10.8 Å². The molecule has 4 heteroatoms. The average molecular weight is 235 g/mol. The molecular formula is C7H4BrClO2. The first-order valence-corrected chi connectivity index (χ1v) is 3.96. The van der Waals surface area contributed by atoms with Crippen LogP contribution in [0.4, 0.5) is 0 Å². The second-order valence-corrected chi connectivity index (χ2v) is 3.14. The minimum absolute atomic E-state index is 0.104. The zero-order valence-electron chi connectivity index (χ0n) is 5.34. The molecule has 2 nitrogen and oxygen atoms in total. The summed E-state index contributed by atoms with van der Waals surface area (Å²) in [6.07, 6.45) is 0.516. The van der Waals surface area contributed by atoms with E-state index >= 15 is 0 Å². The van der Waals surface area contributed by atoms with E-state index in [1.165, 1.54) is 6.07 Å². The van der Waals surface area contributed by atoms with Crippen molar-refractivity contribution in [3.05, 3.63) is 27.2 Å². The first-order valence-electron chi connectivity index (χ1n) is 2.79. The van der Waals surface area contributed by atoms with E-state index in [4.69, 9.17) is 16.7 Å². The Kier molecular flexibility index (Phi) is 2.52. The van der Waals surface area contributed by atoms with E-state index < -0.39 is 0 Å². The number of phenolic OH excluding ortho intramolecular Hbond substituents is 1. The van der Waals surface area contributed by atoms with Gasteiger partial charge in [0, 0.05) is 4.47 Å². The highest BCUT2D eigenvalue weighted by Gasteiger charge is 2.07. The lowest BCUT2D eigenvalue weighted by atomic mass is 10.2. The summed E-state index contributed by atoms with van der Waals surface area (Å²) in [4.78, 5) is 10.3. The van der Waals surface area contributed by atoms with Gasteiger partial charge in [-0.15, -0.1) is 0 Å². The average Bonchev–Trinajstić information content (AvgIpc) is 1.99. The largest absolute Gasteiger partial charge is 0.507 e. The molecule has 0 fully saturated rings. The number of phenols is 1. The molecule has 0 atom stereocenters. The van der Waals surface area contributed by atoms with Crippen LogP contribution >= 0.6 is 27.5 Å². The fourth-order valence-corrected chi connectivity index (χ4v) is 1.22. The van der Waals surface area contributed by atoms with E-state index in [1.807, 2.05) is 0 Å². The van der Waals surface area contributed by atoms with E-state index in [-0.39, 0.29) is 16.3 Å². The van der Waals surface area contributed by atoms with Crippen LogP contribution in [0.5, 0.6) is 5.75 Å². The molecule has 1 rings (SSSR count). The van der Waals surface area contributed by atoms with Gasteiger partial charge in [0.25, 0.3) is 0 Å². The maximum absolute atomic E-state index is 10.3. The molecule has 1 aromatic carbocycles. The number of benzene rings is 1. The Morgan fingerprint density at radius 2 is 2.18 bits per heavy atom. The molecule has 0 aromatic heterocycles. The van der Waals surface area contributed by atoms with Crippen LogP contribution in [-0.4, -0.2) is 11.4 Å². The van der Waals surface area contributed by atoms with Crippen molar-refractivity contribution in [2.75, 3.05) is 0 Å². The molecule has 0 radical (unpaired) electrons. The number of rotatable bonds is 1. The summed E-state index contributed by atoms with van der Waals surface area (Å²) >= 11 is 8.78. The van der Waals surface area contributed by atoms with Gasteiger partial charge < -0.3 is 5.11 Å². The van der Waals surface area contributed by atoms with Crippen LogP contribution in [0.3, 0.4) is 0 Å². The summed E-state index contributed by atoms with van der Waals surface area (Å²) in [7, 11) is 0. The SMILES string of the molecule is O=Cc1c(O)ccc(Br)c1Cl. The van der Waals surface area contributed by atoms with Gasteiger partial charge in [-0.25, -0.2) is 0 Å². The number of carbonyl (C=O) groups excluding carboxylic acids is 1. The van der Waals surface area contributed by atoms with Gasteiger partial charge in [-0.3, -0.25) is 4.79 Å². The molecule has 1 N–H and O–H groups in total. The maximum atomic E-state index is 10.3. The summed E-state index contributed by atoms with van der Waals surface area (Å²) in [6, 6.07) is 2.98. The van der Waals surface area contributed by atoms with Gasteiger partial charge in [0.15, 0.2) is 6.29 Å². The Labute approximate surface area is 76.9 Å². The molecular weight excluding hydrogens is 231 g/mol. The fraction of sp³-hybridized carbons (Fsp3) is 0. The highest BCUT2D eigenvalue weighted by molar-refractivity contribution is 9.10. The highest BCUT2D eigenvalue weighted by Crippen LogP contribution is 2.30. The molecule has 58 valence electrons. The monoisotopic (exact) mass is 234 g/mol. The summed E-state index contributed by atoms with van der Waals surface area (Å²) < 4.78 is 0.596. The lowest BCUT2D eigenvalue weighted by Gasteiger charge is -2.00. The van der Waals surface area contributed by atoms with Crippen molar-refractivity contribution in [1.82, 2.24) is 0 Å². The third-order valence-electron chi connectivity index (χ3n) is 1.23. The molecule has 0 aliphatic carbocycles. The second kappa shape index (κ2) is 3.24. The third-order valence-corrected chi connectivity index (χ3v) is 2.52. The summed E-state index contributed by atoms with van der Waals surface area (Å²) in [6.45, 7) is 0. The zero-order chi connectivity index (χ0) is 8.43. The molecule has 0 aliphatic heterocycles. The van der Waals surface area contributed by atoms with Gasteiger partial charge in [-0.1, -0.05) is 11.6 Å². The van der Waals surface area contributed by atoms with Gasteiger partial charge in [-0.2, -0.15) is 0 Å². The quantitative estimate of drug-likeness (QED) is 0.760. The Bertz CT molecular complexity index is 299. The van der Waals surface area contributed by atoms with Gasteiger partial charge in [-0.05, 0) is 28.1 Å². The van der Waals surface area contributed by atoms with E-state index in [1.54, 1.807) is 6.07 Å². The lowest BCUT2D eigenvalue weighted by molar-refractivity contribution is 0.112. The predicted octanol–water partition coefficient (Wildman–Crippen LogP) is 2.62. The third kappa shape index (κ3) is 1.54. The van der Waals surface area contributed by atoms with Gasteiger partial charge in [0.2, 0.25) is 0 Å². The highest BCUT2D eigenvalue weighted by atomic mass is 79.9. The lowest BCUT2D eigenvalue weighted by Crippen LogP contribution is -1.83. The predicted molar refractivity (Wildman–Crippen MR) is 46.2 cm³/mol. The minimum Gasteiger partial charge on any atom is -0.507 e. The Morgan fingerprint density at radius 3 is 2.64 bits per heavy atom. The summed E-state index contributed by atoms with van der Waals surface area (Å²) in [5.41, 5.74) is 0.112. The molecule has 0 unspecified atom stereocenters. The summed E-state index contributed by atoms with van der Waals surface area (Å²) in [5, 5.41) is 9.32. The van der Waals surface area contributed by atoms with Crippen LogP contribution in [0.2, 0.25) is 5.02 Å². The van der Waals surface area contributed by atoms with Gasteiger partial charge in [0.05, 0.1) is 10.6 Å². The fourth-order valence-electron chi connectivity index (χ4n) is 0.668. The van der Waals surface area contributed by atoms with Crippen LogP contribution in [0.25, 0.3) is 0 Å². The number of hydrogen-bond acceptors (Lipinski definition) is 2. The standard InChI is InChI=1S/C7H4BrClO2/c8-5-1-2-6(11)4(3-10)7(5)9/h1-3,11H. The van der Waals surface area contributed by atoms with Crippen molar-refractivity contribution >= 4 is 33.8 Å². The minimum atomic E-state index is -0.104. The number of halogens is 2. The van der Waals surface area contributed by atoms with E-state index in [0.717, 1.165) is 0 Å². The van der Waals surface area contributed by atoms with Crippen LogP contribution in [0.1, 0.15) is 10.4 Å². The Balaban J connectivity index is 3.40. The van der Waals surface area contributed by atoms with Gasteiger partial charge >= 0.3 is 0 Å². The van der Waals surface area contributed by atoms with Crippen molar-refractivity contribution in [2.45, 2.75) is 0 Å². The number of hydrogen-bond donors (Lipinski definition) is 1. The maximum Gasteiger partial charge on any atom is 0.155 e. The van der Waals surface area contributed by atoms with Crippen molar-refractivity contribution in [3.63, 3.8) is 0 Å². The topological polar surface area (TPSA) is 37.3 Å². The van der Waals surface area contributed by atoms with E-state index in [2.05, 4.69) is 15.9 Å². The van der Waals surface area contributed by atoms with E-state index in [9.17, 15) is 4.79 Å². The Morgan fingerprint density at radius 1 is 1.55 bits per heavy atom. The molecule has 0 saturated carbocycles. The molecule has 0 bridgehead atoms. The number of aromatic hydroxyl groups is 1. The van der Waals surface area contributed by atoms with Crippen molar-refractivity contribution in [1.29, 1.82) is 0 Å². The summed E-state index contributed by atoms with van der Waals surface area (Å²) in [5.74, 6) is -0.104.